The summed E-state index contributed by atoms with van der Waals surface area (Å²) < 4.78 is 6.26. The maximum Gasteiger partial charge on any atom is 0.339 e. The summed E-state index contributed by atoms with van der Waals surface area (Å²) in [6, 6.07) is 5.22. The minimum absolute atomic E-state index is 0.109. The van der Waals surface area contributed by atoms with Crippen LogP contribution in [0, 0.1) is 6.92 Å². The van der Waals surface area contributed by atoms with Gasteiger partial charge in [-0.3, -0.25) is 4.79 Å². The fraction of sp³-hybridized carbons (Fsp3) is 0.143. The Bertz CT molecular complexity index is 702. The molecule has 7 heteroatoms. The minimum Gasteiger partial charge on any atom is -0.478 e. The molecule has 5 nitrogen and oxygen atoms in total. The zero-order valence-corrected chi connectivity index (χ0v) is 13.5. The van der Waals surface area contributed by atoms with Crippen LogP contribution in [0.15, 0.2) is 32.5 Å². The highest BCUT2D eigenvalue weighted by Crippen LogP contribution is 2.22. The maximum atomic E-state index is 11.7. The molecule has 2 aromatic rings. The standard InChI is InChI=1S/C14H12BrNO4S/c1-8-11(14(18)19)6-9(20-8)7-16-13(17)5-3-10-2-4-12(15)21-10/h2-6H,7H2,1H3,(H,16,17)(H,18,19)/b5-3+. The highest BCUT2D eigenvalue weighted by atomic mass is 79.9. The molecule has 21 heavy (non-hydrogen) atoms. The summed E-state index contributed by atoms with van der Waals surface area (Å²) in [7, 11) is 0. The van der Waals surface area contributed by atoms with E-state index >= 15 is 0 Å². The maximum absolute atomic E-state index is 11.7. The molecule has 1 amide bonds. The first-order valence-electron chi connectivity index (χ1n) is 5.99. The molecule has 0 aliphatic heterocycles. The summed E-state index contributed by atoms with van der Waals surface area (Å²) in [4.78, 5) is 23.5. The molecule has 2 heterocycles. The van der Waals surface area contributed by atoms with Crippen molar-refractivity contribution in [2.45, 2.75) is 13.5 Å². The number of aromatic carboxylic acids is 1. The highest BCUT2D eigenvalue weighted by Gasteiger charge is 2.13. The first-order chi connectivity index (χ1) is 9.95. The van der Waals surface area contributed by atoms with Crippen LogP contribution in [0.5, 0.6) is 0 Å². The number of carboxylic acids is 1. The fourth-order valence-electron chi connectivity index (χ4n) is 1.65. The molecule has 0 saturated heterocycles. The Hall–Kier alpha value is -1.86. The van der Waals surface area contributed by atoms with Crippen LogP contribution in [0.1, 0.15) is 26.8 Å². The number of hydrogen-bond acceptors (Lipinski definition) is 4. The van der Waals surface area contributed by atoms with Crippen LogP contribution in [0.2, 0.25) is 0 Å². The van der Waals surface area contributed by atoms with Crippen LogP contribution >= 0.6 is 27.3 Å². The first-order valence-corrected chi connectivity index (χ1v) is 7.60. The molecule has 2 N–H and O–H groups in total. The number of halogens is 1. The second-order valence-corrected chi connectivity index (χ2v) is 6.68. The van der Waals surface area contributed by atoms with Gasteiger partial charge in [0, 0.05) is 11.0 Å². The Labute approximate surface area is 133 Å². The van der Waals surface area contributed by atoms with E-state index in [9.17, 15) is 9.59 Å². The number of carbonyl (C=O) groups is 2. The average molecular weight is 370 g/mol. The number of aryl methyl sites for hydroxylation is 1. The summed E-state index contributed by atoms with van der Waals surface area (Å²) >= 11 is 4.86. The Kier molecular flexibility index (Phi) is 4.98. The topological polar surface area (TPSA) is 79.5 Å². The van der Waals surface area contributed by atoms with Gasteiger partial charge in [-0.05, 0) is 47.1 Å². The number of hydrogen-bond donors (Lipinski definition) is 2. The lowest BCUT2D eigenvalue weighted by molar-refractivity contribution is -0.116. The molecule has 0 unspecified atom stereocenters. The molecule has 2 aromatic heterocycles. The highest BCUT2D eigenvalue weighted by molar-refractivity contribution is 9.11. The fourth-order valence-corrected chi connectivity index (χ4v) is 2.98. The molecule has 0 fully saturated rings. The van der Waals surface area contributed by atoms with Crippen molar-refractivity contribution in [1.82, 2.24) is 5.32 Å². The van der Waals surface area contributed by atoms with Crippen LogP contribution in [0.4, 0.5) is 0 Å². The van der Waals surface area contributed by atoms with Crippen molar-refractivity contribution in [3.63, 3.8) is 0 Å². The number of carbonyl (C=O) groups excluding carboxylic acids is 1. The molecule has 2 rings (SSSR count). The van der Waals surface area contributed by atoms with Gasteiger partial charge in [0.25, 0.3) is 0 Å². The molecule has 0 atom stereocenters. The van der Waals surface area contributed by atoms with Gasteiger partial charge >= 0.3 is 5.97 Å². The van der Waals surface area contributed by atoms with Gasteiger partial charge in [0.1, 0.15) is 17.1 Å². The van der Waals surface area contributed by atoms with Crippen LogP contribution in [-0.2, 0) is 11.3 Å². The van der Waals surface area contributed by atoms with E-state index in [1.165, 1.54) is 23.5 Å². The van der Waals surface area contributed by atoms with Crippen LogP contribution in [-0.4, -0.2) is 17.0 Å². The van der Waals surface area contributed by atoms with Crippen molar-refractivity contribution in [3.8, 4) is 0 Å². The van der Waals surface area contributed by atoms with Gasteiger partial charge < -0.3 is 14.8 Å². The van der Waals surface area contributed by atoms with E-state index in [1.54, 1.807) is 13.0 Å². The van der Waals surface area contributed by atoms with Crippen LogP contribution < -0.4 is 5.32 Å². The zero-order chi connectivity index (χ0) is 15.4. The van der Waals surface area contributed by atoms with Crippen LogP contribution in [0.3, 0.4) is 0 Å². The summed E-state index contributed by atoms with van der Waals surface area (Å²) in [6.07, 6.45) is 3.13. The molecule has 0 bridgehead atoms. The number of carboxylic acid groups (broad SMARTS) is 1. The molecule has 110 valence electrons. The predicted octanol–water partition coefficient (Wildman–Crippen LogP) is 3.44. The van der Waals surface area contributed by atoms with Crippen molar-refractivity contribution >= 4 is 45.2 Å². The van der Waals surface area contributed by atoms with E-state index in [1.807, 2.05) is 12.1 Å². The number of furan rings is 1. The predicted molar refractivity (Wildman–Crippen MR) is 83.3 cm³/mol. The van der Waals surface area contributed by atoms with E-state index in [4.69, 9.17) is 9.52 Å². The van der Waals surface area contributed by atoms with E-state index in [0.29, 0.717) is 11.5 Å². The first kappa shape index (κ1) is 15.5. The van der Waals surface area contributed by atoms with Gasteiger partial charge in [0.2, 0.25) is 5.91 Å². The van der Waals surface area contributed by atoms with Gasteiger partial charge in [-0.25, -0.2) is 4.79 Å². The summed E-state index contributed by atoms with van der Waals surface area (Å²) in [5, 5.41) is 11.5. The largest absolute Gasteiger partial charge is 0.478 e. The number of amides is 1. The van der Waals surface area contributed by atoms with E-state index < -0.39 is 5.97 Å². The van der Waals surface area contributed by atoms with Gasteiger partial charge in [-0.2, -0.15) is 0 Å². The molecule has 0 aliphatic carbocycles. The van der Waals surface area contributed by atoms with Gasteiger partial charge in [0.15, 0.2) is 0 Å². The van der Waals surface area contributed by atoms with Crippen molar-refractivity contribution in [3.05, 3.63) is 50.0 Å². The van der Waals surface area contributed by atoms with E-state index in [-0.39, 0.29) is 18.0 Å². The molecular weight excluding hydrogens is 358 g/mol. The Morgan fingerprint density at radius 3 is 2.81 bits per heavy atom. The third-order valence-corrected chi connectivity index (χ3v) is 4.22. The average Bonchev–Trinajstić information content (AvgIpc) is 3.00. The lowest BCUT2D eigenvalue weighted by Gasteiger charge is -1.98. The van der Waals surface area contributed by atoms with E-state index in [0.717, 1.165) is 8.66 Å². The second kappa shape index (κ2) is 6.73. The van der Waals surface area contributed by atoms with E-state index in [2.05, 4.69) is 21.2 Å². The Morgan fingerprint density at radius 2 is 2.24 bits per heavy atom. The lowest BCUT2D eigenvalue weighted by Crippen LogP contribution is -2.19. The number of rotatable bonds is 5. The molecule has 0 saturated carbocycles. The smallest absolute Gasteiger partial charge is 0.339 e. The number of thiophene rings is 1. The lowest BCUT2D eigenvalue weighted by atomic mass is 10.2. The molecule has 0 aromatic carbocycles. The van der Waals surface area contributed by atoms with Gasteiger partial charge in [0.05, 0.1) is 10.3 Å². The Morgan fingerprint density at radius 1 is 1.48 bits per heavy atom. The normalized spacial score (nSPS) is 11.0. The van der Waals surface area contributed by atoms with Crippen molar-refractivity contribution in [1.29, 1.82) is 0 Å². The third kappa shape index (κ3) is 4.30. The summed E-state index contributed by atoms with van der Waals surface area (Å²) in [5.41, 5.74) is 0.109. The molecule has 0 aliphatic rings. The Balaban J connectivity index is 1.90. The van der Waals surface area contributed by atoms with Crippen molar-refractivity contribution < 1.29 is 19.1 Å². The summed E-state index contributed by atoms with van der Waals surface area (Å²) in [6.45, 7) is 1.72. The zero-order valence-electron chi connectivity index (χ0n) is 11.1. The molecule has 0 spiro atoms. The van der Waals surface area contributed by atoms with Gasteiger partial charge in [-0.15, -0.1) is 11.3 Å². The van der Waals surface area contributed by atoms with Crippen molar-refractivity contribution in [2.24, 2.45) is 0 Å². The number of nitrogens with one attached hydrogen (secondary N) is 1. The summed E-state index contributed by atoms with van der Waals surface area (Å²) in [5.74, 6) is -0.585. The third-order valence-electron chi connectivity index (χ3n) is 2.63. The molecular formula is C14H12BrNO4S. The van der Waals surface area contributed by atoms with Crippen LogP contribution in [0.25, 0.3) is 6.08 Å². The SMILES string of the molecule is Cc1oc(CNC(=O)/C=C/c2ccc(Br)s2)cc1C(=O)O. The second-order valence-electron chi connectivity index (χ2n) is 4.18. The minimum atomic E-state index is -1.04. The quantitative estimate of drug-likeness (QED) is 0.791. The van der Waals surface area contributed by atoms with Crippen molar-refractivity contribution in [2.75, 3.05) is 0 Å². The molecule has 0 radical (unpaired) electrons. The van der Waals surface area contributed by atoms with Gasteiger partial charge in [-0.1, -0.05) is 0 Å². The monoisotopic (exact) mass is 369 g/mol.